The van der Waals surface area contributed by atoms with Gasteiger partial charge in [-0.15, -0.1) is 0 Å². The minimum Gasteiger partial charge on any atom is -0.480 e. The lowest BCUT2D eigenvalue weighted by Crippen LogP contribution is -2.15. The van der Waals surface area contributed by atoms with Crippen molar-refractivity contribution in [3.8, 4) is 0 Å². The van der Waals surface area contributed by atoms with Crippen LogP contribution in [-0.2, 0) is 56.9 Å². The second-order valence-electron chi connectivity index (χ2n) is 7.52. The summed E-state index contributed by atoms with van der Waals surface area (Å²) in [6.07, 6.45) is 0. The summed E-state index contributed by atoms with van der Waals surface area (Å²) >= 11 is 0. The Labute approximate surface area is 235 Å². The first-order valence-electron chi connectivity index (χ1n) is 13.3. The molecule has 0 aliphatic heterocycles. The molecule has 40 heavy (non-hydrogen) atoms. The SMILES string of the molecule is [N-]=[N+]=NCCOCCOCCOCCOCCOCCOCCOCCOCCOCCOCCOCC(=O)O. The van der Waals surface area contributed by atoms with Crippen molar-refractivity contribution in [2.45, 2.75) is 0 Å². The number of carbonyl (C=O) groups is 1. The van der Waals surface area contributed by atoms with Crippen molar-refractivity contribution < 1.29 is 62.0 Å². The highest BCUT2D eigenvalue weighted by Gasteiger charge is 1.97. The number of rotatable bonds is 35. The van der Waals surface area contributed by atoms with Crippen LogP contribution >= 0.6 is 0 Å². The van der Waals surface area contributed by atoms with Gasteiger partial charge in [0, 0.05) is 11.5 Å². The summed E-state index contributed by atoms with van der Waals surface area (Å²) in [6, 6.07) is 0. The quantitative estimate of drug-likeness (QED) is 0.0471. The van der Waals surface area contributed by atoms with Gasteiger partial charge in [0.2, 0.25) is 0 Å². The second-order valence-corrected chi connectivity index (χ2v) is 7.52. The van der Waals surface area contributed by atoms with Crippen LogP contribution in [0.4, 0.5) is 0 Å². The number of nitrogens with zero attached hydrogens (tertiary/aromatic N) is 3. The van der Waals surface area contributed by atoms with E-state index in [-0.39, 0.29) is 13.2 Å². The monoisotopic (exact) mass is 585 g/mol. The second kappa shape index (κ2) is 35.4. The van der Waals surface area contributed by atoms with E-state index in [0.29, 0.717) is 139 Å². The van der Waals surface area contributed by atoms with E-state index in [0.717, 1.165) is 0 Å². The maximum atomic E-state index is 10.2. The molecule has 1 N–H and O–H groups in total. The lowest BCUT2D eigenvalue weighted by atomic mass is 10.6. The van der Waals surface area contributed by atoms with Crippen LogP contribution in [0.2, 0.25) is 0 Å². The van der Waals surface area contributed by atoms with Gasteiger partial charge in [0.25, 0.3) is 0 Å². The summed E-state index contributed by atoms with van der Waals surface area (Å²) in [6.45, 7) is 9.43. The zero-order valence-corrected chi connectivity index (χ0v) is 23.5. The molecular weight excluding hydrogens is 538 g/mol. The largest absolute Gasteiger partial charge is 0.480 e. The highest BCUT2D eigenvalue weighted by molar-refractivity contribution is 5.67. The van der Waals surface area contributed by atoms with Crippen molar-refractivity contribution in [2.24, 2.45) is 5.11 Å². The Kier molecular flexibility index (Phi) is 33.9. The third-order valence-electron chi connectivity index (χ3n) is 4.34. The van der Waals surface area contributed by atoms with E-state index < -0.39 is 5.97 Å². The van der Waals surface area contributed by atoms with Gasteiger partial charge < -0.3 is 57.2 Å². The lowest BCUT2D eigenvalue weighted by molar-refractivity contribution is -0.142. The van der Waals surface area contributed by atoms with E-state index in [1.54, 1.807) is 0 Å². The van der Waals surface area contributed by atoms with Crippen LogP contribution in [0, 0.1) is 0 Å². The average Bonchev–Trinajstić information content (AvgIpc) is 2.95. The molecule has 0 fully saturated rings. The van der Waals surface area contributed by atoms with E-state index in [2.05, 4.69) is 10.0 Å². The molecule has 0 saturated heterocycles. The van der Waals surface area contributed by atoms with Crippen molar-refractivity contribution in [3.63, 3.8) is 0 Å². The van der Waals surface area contributed by atoms with Gasteiger partial charge in [-0.25, -0.2) is 4.79 Å². The van der Waals surface area contributed by atoms with Gasteiger partial charge in [-0.2, -0.15) is 0 Å². The normalized spacial score (nSPS) is 11.1. The first-order chi connectivity index (χ1) is 19.8. The molecule has 0 saturated carbocycles. The highest BCUT2D eigenvalue weighted by atomic mass is 16.6. The molecule has 16 heteroatoms. The molecule has 0 aliphatic rings. The maximum Gasteiger partial charge on any atom is 0.329 e. The molecule has 0 rings (SSSR count). The Morgan fingerprint density at radius 2 is 0.675 bits per heavy atom. The maximum absolute atomic E-state index is 10.2. The summed E-state index contributed by atoms with van der Waals surface area (Å²) in [5.41, 5.74) is 8.12. The zero-order valence-electron chi connectivity index (χ0n) is 23.5. The topological polar surface area (TPSA) is 188 Å². The summed E-state index contributed by atoms with van der Waals surface area (Å²) in [5.74, 6) is -0.998. The highest BCUT2D eigenvalue weighted by Crippen LogP contribution is 1.87. The molecule has 0 heterocycles. The van der Waals surface area contributed by atoms with Crippen LogP contribution in [0.15, 0.2) is 5.11 Å². The lowest BCUT2D eigenvalue weighted by Gasteiger charge is -2.09. The third kappa shape index (κ3) is 36.3. The minimum absolute atomic E-state index is 0.239. The number of ether oxygens (including phenoxy) is 11. The molecular formula is C24H47N3O13. The van der Waals surface area contributed by atoms with Crippen molar-refractivity contribution in [1.82, 2.24) is 0 Å². The Morgan fingerprint density at radius 1 is 0.450 bits per heavy atom. The van der Waals surface area contributed by atoms with Crippen molar-refractivity contribution in [3.05, 3.63) is 10.4 Å². The van der Waals surface area contributed by atoms with Crippen LogP contribution in [0.5, 0.6) is 0 Å². The Balaban J connectivity index is 3.04. The fourth-order valence-corrected chi connectivity index (χ4v) is 2.51. The molecule has 0 aromatic rings. The van der Waals surface area contributed by atoms with Gasteiger partial charge in [0.1, 0.15) is 6.61 Å². The fourth-order valence-electron chi connectivity index (χ4n) is 2.51. The van der Waals surface area contributed by atoms with Crippen molar-refractivity contribution in [2.75, 3.05) is 152 Å². The molecule has 0 unspecified atom stereocenters. The molecule has 0 aliphatic carbocycles. The molecule has 0 atom stereocenters. The number of aliphatic carboxylic acids is 1. The van der Waals surface area contributed by atoms with Gasteiger partial charge in [-0.1, -0.05) is 5.11 Å². The van der Waals surface area contributed by atoms with Crippen LogP contribution in [0.1, 0.15) is 0 Å². The van der Waals surface area contributed by atoms with E-state index in [1.807, 2.05) is 0 Å². The summed E-state index contributed by atoms with van der Waals surface area (Å²) < 4.78 is 58.5. The zero-order chi connectivity index (χ0) is 29.0. The predicted molar refractivity (Wildman–Crippen MR) is 141 cm³/mol. The van der Waals surface area contributed by atoms with Crippen molar-refractivity contribution in [1.29, 1.82) is 0 Å². The molecule has 0 radical (unpaired) electrons. The van der Waals surface area contributed by atoms with Crippen LogP contribution < -0.4 is 0 Å². The summed E-state index contributed by atoms with van der Waals surface area (Å²) in [5, 5.41) is 11.8. The van der Waals surface area contributed by atoms with Gasteiger partial charge >= 0.3 is 5.97 Å². The molecule has 0 spiro atoms. The molecule has 0 aromatic carbocycles. The van der Waals surface area contributed by atoms with E-state index in [1.165, 1.54) is 0 Å². The molecule has 236 valence electrons. The molecule has 0 aromatic heterocycles. The number of hydrogen-bond acceptors (Lipinski definition) is 13. The summed E-state index contributed by atoms with van der Waals surface area (Å²) in [4.78, 5) is 12.9. The molecule has 16 nitrogen and oxygen atoms in total. The number of carboxylic acids is 1. The minimum atomic E-state index is -0.998. The Bertz CT molecular complexity index is 538. The number of carboxylic acid groups (broad SMARTS) is 1. The van der Waals surface area contributed by atoms with Crippen molar-refractivity contribution >= 4 is 5.97 Å². The fraction of sp³-hybridized carbons (Fsp3) is 0.958. The van der Waals surface area contributed by atoms with Gasteiger partial charge in [0.05, 0.1) is 139 Å². The van der Waals surface area contributed by atoms with Crippen LogP contribution in [0.25, 0.3) is 10.4 Å². The molecule has 0 amide bonds. The van der Waals surface area contributed by atoms with E-state index in [9.17, 15) is 4.79 Å². The smallest absolute Gasteiger partial charge is 0.329 e. The van der Waals surface area contributed by atoms with Crippen LogP contribution in [0.3, 0.4) is 0 Å². The van der Waals surface area contributed by atoms with E-state index in [4.69, 9.17) is 62.7 Å². The first-order valence-corrected chi connectivity index (χ1v) is 13.3. The standard InChI is InChI=1S/C24H47N3O13/c25-27-26-1-2-30-3-4-31-5-6-32-7-8-33-9-10-34-11-12-35-13-14-36-15-16-37-17-18-38-19-20-39-21-22-40-23-24(28)29/h1-23H2,(H,28,29). The third-order valence-corrected chi connectivity index (χ3v) is 4.34. The first kappa shape index (κ1) is 38.3. The van der Waals surface area contributed by atoms with E-state index >= 15 is 0 Å². The number of hydrogen-bond donors (Lipinski definition) is 1. The average molecular weight is 586 g/mol. The molecule has 0 bridgehead atoms. The number of azide groups is 1. The Hall–Kier alpha value is -1.66. The van der Waals surface area contributed by atoms with Crippen LogP contribution in [-0.4, -0.2) is 163 Å². The summed E-state index contributed by atoms with van der Waals surface area (Å²) in [7, 11) is 0. The Morgan fingerprint density at radius 3 is 0.900 bits per heavy atom. The van der Waals surface area contributed by atoms with Gasteiger partial charge in [0.15, 0.2) is 0 Å². The van der Waals surface area contributed by atoms with Gasteiger partial charge in [-0.05, 0) is 5.53 Å². The predicted octanol–water partition coefficient (Wildman–Crippen LogP) is 0.564. The van der Waals surface area contributed by atoms with Gasteiger partial charge in [-0.3, -0.25) is 0 Å².